The van der Waals surface area contributed by atoms with Crippen LogP contribution in [0.4, 0.5) is 4.39 Å². The maximum atomic E-state index is 13.0. The summed E-state index contributed by atoms with van der Waals surface area (Å²) in [6, 6.07) is 4.17. The lowest BCUT2D eigenvalue weighted by Crippen LogP contribution is -2.36. The number of H-pyrrole nitrogens is 1. The molecule has 0 bridgehead atoms. The second-order valence-corrected chi connectivity index (χ2v) is 7.04. The van der Waals surface area contributed by atoms with E-state index in [2.05, 4.69) is 4.98 Å². The van der Waals surface area contributed by atoms with Crippen LogP contribution in [0, 0.1) is 5.82 Å². The molecule has 20 heavy (non-hydrogen) atoms. The molecule has 0 atom stereocenters. The van der Waals surface area contributed by atoms with E-state index in [1.807, 2.05) is 4.72 Å². The molecule has 5 nitrogen and oxygen atoms in total. The van der Waals surface area contributed by atoms with Crippen LogP contribution < -0.4 is 4.72 Å². The highest BCUT2D eigenvalue weighted by Crippen LogP contribution is 2.19. The number of aromatic nitrogens is 1. The Morgan fingerprint density at radius 1 is 1.40 bits per heavy atom. The second kappa shape index (κ2) is 5.24. The largest absolute Gasteiger partial charge is 0.361 e. The van der Waals surface area contributed by atoms with Crippen molar-refractivity contribution < 1.29 is 17.6 Å². The molecule has 0 aliphatic heterocycles. The maximum Gasteiger partial charge on any atom is 0.237 e. The molecule has 1 aromatic carbocycles. The molecule has 0 aliphatic carbocycles. The van der Waals surface area contributed by atoms with Gasteiger partial charge in [-0.05, 0) is 37.6 Å². The summed E-state index contributed by atoms with van der Waals surface area (Å²) in [5.74, 6) is -0.985. The second-order valence-electron chi connectivity index (χ2n) is 4.80. The zero-order chi connectivity index (χ0) is 14.9. The van der Waals surface area contributed by atoms with E-state index < -0.39 is 21.2 Å². The highest BCUT2D eigenvalue weighted by Gasteiger charge is 2.19. The Kier molecular flexibility index (Phi) is 3.80. The Morgan fingerprint density at radius 3 is 2.75 bits per heavy atom. The molecule has 2 aromatic rings. The molecular formula is C13H15FN2O3S. The molecule has 7 heteroatoms. The highest BCUT2D eigenvalue weighted by atomic mass is 32.2. The molecule has 1 amide bonds. The van der Waals surface area contributed by atoms with Gasteiger partial charge in [-0.1, -0.05) is 0 Å². The lowest BCUT2D eigenvalue weighted by atomic mass is 10.1. The van der Waals surface area contributed by atoms with Gasteiger partial charge in [0.15, 0.2) is 0 Å². The number of nitrogens with one attached hydrogen (secondary N) is 2. The number of amides is 1. The fourth-order valence-electron chi connectivity index (χ4n) is 1.79. The van der Waals surface area contributed by atoms with Gasteiger partial charge in [-0.2, -0.15) is 0 Å². The van der Waals surface area contributed by atoms with Crippen LogP contribution in [-0.4, -0.2) is 24.6 Å². The number of fused-ring (bicyclic) bond motifs is 1. The van der Waals surface area contributed by atoms with E-state index in [1.54, 1.807) is 12.3 Å². The minimum Gasteiger partial charge on any atom is -0.361 e. The van der Waals surface area contributed by atoms with Gasteiger partial charge in [-0.15, -0.1) is 0 Å². The molecule has 0 radical (unpaired) electrons. The monoisotopic (exact) mass is 298 g/mol. The normalized spacial score (nSPS) is 12.0. The summed E-state index contributed by atoms with van der Waals surface area (Å²) in [5, 5.41) is 0.0204. The van der Waals surface area contributed by atoms with Crippen LogP contribution in [0.2, 0.25) is 0 Å². The summed E-state index contributed by atoms with van der Waals surface area (Å²) in [4.78, 5) is 14.6. The average molecular weight is 298 g/mol. The first-order valence-corrected chi connectivity index (χ1v) is 7.64. The number of carbonyl (C=O) groups excluding carboxylic acids is 1. The number of halogens is 1. The lowest BCUT2D eigenvalue weighted by Gasteiger charge is -2.09. The third-order valence-corrected chi connectivity index (χ3v) is 4.71. The van der Waals surface area contributed by atoms with Gasteiger partial charge >= 0.3 is 0 Å². The van der Waals surface area contributed by atoms with Crippen LogP contribution in [0.1, 0.15) is 19.4 Å². The molecule has 0 aliphatic rings. The van der Waals surface area contributed by atoms with Crippen LogP contribution in [-0.2, 0) is 21.2 Å². The molecule has 108 valence electrons. The van der Waals surface area contributed by atoms with Gasteiger partial charge < -0.3 is 4.98 Å². The fourth-order valence-corrected chi connectivity index (χ4v) is 2.42. The first kappa shape index (κ1) is 14.5. The number of sulfonamides is 1. The van der Waals surface area contributed by atoms with E-state index >= 15 is 0 Å². The van der Waals surface area contributed by atoms with E-state index in [0.717, 1.165) is 0 Å². The summed E-state index contributed by atoms with van der Waals surface area (Å²) in [6.07, 6.45) is 1.49. The van der Waals surface area contributed by atoms with Gasteiger partial charge in [0, 0.05) is 17.1 Å². The van der Waals surface area contributed by atoms with Crippen molar-refractivity contribution >= 4 is 26.8 Å². The van der Waals surface area contributed by atoms with Crippen molar-refractivity contribution in [2.24, 2.45) is 0 Å². The molecule has 0 unspecified atom stereocenters. The van der Waals surface area contributed by atoms with Crippen molar-refractivity contribution in [3.63, 3.8) is 0 Å². The zero-order valence-electron chi connectivity index (χ0n) is 11.1. The van der Waals surface area contributed by atoms with Crippen LogP contribution in [0.5, 0.6) is 0 Å². The molecule has 1 heterocycles. The predicted molar refractivity (Wildman–Crippen MR) is 74.2 cm³/mol. The Morgan fingerprint density at radius 2 is 2.10 bits per heavy atom. The quantitative estimate of drug-likeness (QED) is 0.901. The number of rotatable bonds is 4. The Balaban J connectivity index is 2.19. The summed E-state index contributed by atoms with van der Waals surface area (Å²) in [5.41, 5.74) is 1.19. The molecule has 0 saturated carbocycles. The van der Waals surface area contributed by atoms with Gasteiger partial charge in [0.1, 0.15) is 5.82 Å². The van der Waals surface area contributed by atoms with Gasteiger partial charge in [-0.25, -0.2) is 12.8 Å². The molecule has 2 rings (SSSR count). The van der Waals surface area contributed by atoms with Crippen LogP contribution in [0.3, 0.4) is 0 Å². The first-order valence-electron chi connectivity index (χ1n) is 6.09. The third kappa shape index (κ3) is 2.98. The third-order valence-electron chi connectivity index (χ3n) is 2.96. The number of carbonyl (C=O) groups is 1. The molecule has 1 aromatic heterocycles. The van der Waals surface area contributed by atoms with E-state index in [0.29, 0.717) is 16.5 Å². The van der Waals surface area contributed by atoms with Crippen molar-refractivity contribution in [1.82, 2.24) is 9.71 Å². The standard InChI is InChI=1S/C13H15FN2O3S/c1-8(2)20(18,19)16-13(17)5-9-7-15-12-6-10(14)3-4-11(9)12/h3-4,6-8,15H,5H2,1-2H3,(H,16,17). The van der Waals surface area contributed by atoms with Crippen LogP contribution in [0.15, 0.2) is 24.4 Å². The number of benzene rings is 1. The van der Waals surface area contributed by atoms with Crippen molar-refractivity contribution in [3.8, 4) is 0 Å². The Bertz CT molecular complexity index is 750. The summed E-state index contributed by atoms with van der Waals surface area (Å²) in [7, 11) is -3.63. The smallest absolute Gasteiger partial charge is 0.237 e. The Hall–Kier alpha value is -1.89. The van der Waals surface area contributed by atoms with Gasteiger partial charge in [-0.3, -0.25) is 9.52 Å². The lowest BCUT2D eigenvalue weighted by molar-refractivity contribution is -0.118. The maximum absolute atomic E-state index is 13.0. The molecular weight excluding hydrogens is 283 g/mol. The van der Waals surface area contributed by atoms with E-state index in [4.69, 9.17) is 0 Å². The molecule has 2 N–H and O–H groups in total. The predicted octanol–water partition coefficient (Wildman–Crippen LogP) is 1.70. The van der Waals surface area contributed by atoms with E-state index in [1.165, 1.54) is 26.0 Å². The molecule has 0 saturated heterocycles. The highest BCUT2D eigenvalue weighted by molar-refractivity contribution is 7.90. The number of hydrogen-bond donors (Lipinski definition) is 2. The average Bonchev–Trinajstić information content (AvgIpc) is 2.70. The minimum atomic E-state index is -3.63. The SMILES string of the molecule is CC(C)S(=O)(=O)NC(=O)Cc1c[nH]c2cc(F)ccc12. The van der Waals surface area contributed by atoms with Crippen molar-refractivity contribution in [2.75, 3.05) is 0 Å². The number of hydrogen-bond acceptors (Lipinski definition) is 3. The van der Waals surface area contributed by atoms with E-state index in [9.17, 15) is 17.6 Å². The topological polar surface area (TPSA) is 79.0 Å². The van der Waals surface area contributed by atoms with Crippen molar-refractivity contribution in [3.05, 3.63) is 35.8 Å². The van der Waals surface area contributed by atoms with Crippen LogP contribution >= 0.6 is 0 Å². The summed E-state index contributed by atoms with van der Waals surface area (Å²) < 4.78 is 38.2. The zero-order valence-corrected chi connectivity index (χ0v) is 11.9. The molecule has 0 spiro atoms. The summed E-state index contributed by atoms with van der Waals surface area (Å²) in [6.45, 7) is 2.98. The van der Waals surface area contributed by atoms with Crippen molar-refractivity contribution in [1.29, 1.82) is 0 Å². The van der Waals surface area contributed by atoms with Gasteiger partial charge in [0.2, 0.25) is 15.9 Å². The molecule has 0 fully saturated rings. The van der Waals surface area contributed by atoms with Crippen LogP contribution in [0.25, 0.3) is 10.9 Å². The number of aromatic amines is 1. The Labute approximate surface area is 116 Å². The summed E-state index contributed by atoms with van der Waals surface area (Å²) >= 11 is 0. The van der Waals surface area contributed by atoms with Crippen molar-refractivity contribution in [2.45, 2.75) is 25.5 Å². The fraction of sp³-hybridized carbons (Fsp3) is 0.308. The van der Waals surface area contributed by atoms with Gasteiger partial charge in [0.25, 0.3) is 0 Å². The van der Waals surface area contributed by atoms with E-state index in [-0.39, 0.29) is 12.2 Å². The minimum absolute atomic E-state index is 0.0857. The van der Waals surface area contributed by atoms with Gasteiger partial charge in [0.05, 0.1) is 11.7 Å². The first-order chi connectivity index (χ1) is 9.29.